The first-order valence-corrected chi connectivity index (χ1v) is 11.4. The van der Waals surface area contributed by atoms with Crippen molar-refractivity contribution in [2.45, 2.75) is 25.0 Å². The number of likely N-dealkylation sites (tertiary alicyclic amines) is 1. The van der Waals surface area contributed by atoms with Gasteiger partial charge in [-0.05, 0) is 53.9 Å². The first-order valence-electron chi connectivity index (χ1n) is 11.4. The summed E-state index contributed by atoms with van der Waals surface area (Å²) in [6.07, 6.45) is 3.35. The second-order valence-electron chi connectivity index (χ2n) is 8.51. The molecule has 9 nitrogen and oxygen atoms in total. The Morgan fingerprint density at radius 1 is 1.06 bits per heavy atom. The molecule has 0 saturated carbocycles. The molecule has 1 unspecified atom stereocenters. The van der Waals surface area contributed by atoms with Crippen LogP contribution in [0.1, 0.15) is 34.0 Å². The summed E-state index contributed by atoms with van der Waals surface area (Å²) in [7, 11) is 0. The van der Waals surface area contributed by atoms with Crippen LogP contribution in [0.4, 0.5) is 10.5 Å². The zero-order valence-corrected chi connectivity index (χ0v) is 19.2. The first-order chi connectivity index (χ1) is 17.5. The number of carboxylic acids is 1. The summed E-state index contributed by atoms with van der Waals surface area (Å²) in [5.74, 6) is -1.97. The largest absolute Gasteiger partial charge is 0.475 e. The van der Waals surface area contributed by atoms with Crippen LogP contribution in [0.25, 0.3) is 11.0 Å². The van der Waals surface area contributed by atoms with E-state index in [1.165, 1.54) is 11.0 Å². The number of carboxylic acid groups (broad SMARTS) is 1. The lowest BCUT2D eigenvalue weighted by atomic mass is 9.92. The average Bonchev–Trinajstić information content (AvgIpc) is 3.53. The number of furan rings is 1. The molecule has 3 heterocycles. The molecule has 182 valence electrons. The molecule has 9 heteroatoms. The lowest BCUT2D eigenvalue weighted by Gasteiger charge is -2.27. The van der Waals surface area contributed by atoms with Gasteiger partial charge in [0.05, 0.1) is 0 Å². The van der Waals surface area contributed by atoms with Gasteiger partial charge in [0.15, 0.2) is 0 Å². The van der Waals surface area contributed by atoms with Crippen molar-refractivity contribution in [3.8, 4) is 0 Å². The van der Waals surface area contributed by atoms with Gasteiger partial charge >= 0.3 is 12.1 Å². The fourth-order valence-electron chi connectivity index (χ4n) is 4.53. The minimum atomic E-state index is -1.17. The number of hydrogen-bond acceptors (Lipinski definition) is 6. The van der Waals surface area contributed by atoms with Crippen LogP contribution in [-0.2, 0) is 16.1 Å². The summed E-state index contributed by atoms with van der Waals surface area (Å²) < 4.78 is 10.8. The minimum Gasteiger partial charge on any atom is -0.475 e. The highest BCUT2D eigenvalue weighted by atomic mass is 16.6. The Hall–Kier alpha value is -4.66. The number of anilines is 1. The third-order valence-electron chi connectivity index (χ3n) is 6.24. The summed E-state index contributed by atoms with van der Waals surface area (Å²) >= 11 is 0. The third kappa shape index (κ3) is 4.76. The number of nitrogens with one attached hydrogen (secondary N) is 1. The lowest BCUT2D eigenvalue weighted by Crippen LogP contribution is -2.45. The number of pyridine rings is 1. The number of carbonyl (C=O) groups excluding carboxylic acids is 2. The maximum Gasteiger partial charge on any atom is 0.410 e. The smallest absolute Gasteiger partial charge is 0.410 e. The summed E-state index contributed by atoms with van der Waals surface area (Å²) in [5, 5.41) is 12.6. The first kappa shape index (κ1) is 23.1. The highest BCUT2D eigenvalue weighted by molar-refractivity contribution is 6.00. The van der Waals surface area contributed by atoms with Crippen LogP contribution in [0.15, 0.2) is 83.5 Å². The SMILES string of the molecule is O=C(O)c1cc2cc(NC(=O)C3[C@@H](c4ccncc4)CCN3C(=O)OCc3ccccc3)ccc2o1. The lowest BCUT2D eigenvalue weighted by molar-refractivity contribution is -0.120. The van der Waals surface area contributed by atoms with E-state index in [2.05, 4.69) is 10.3 Å². The van der Waals surface area contributed by atoms with Gasteiger partial charge in [0, 0.05) is 35.9 Å². The molecule has 0 aliphatic carbocycles. The van der Waals surface area contributed by atoms with E-state index in [1.807, 2.05) is 42.5 Å². The predicted octanol–water partition coefficient (Wildman–Crippen LogP) is 4.66. The maximum atomic E-state index is 13.5. The number of nitrogens with zero attached hydrogens (tertiary/aromatic N) is 2. The molecule has 1 saturated heterocycles. The van der Waals surface area contributed by atoms with Crippen LogP contribution in [-0.4, -0.2) is 45.5 Å². The van der Waals surface area contributed by atoms with Gasteiger partial charge in [-0.3, -0.25) is 14.7 Å². The van der Waals surface area contributed by atoms with Gasteiger partial charge < -0.3 is 19.6 Å². The summed E-state index contributed by atoms with van der Waals surface area (Å²) in [4.78, 5) is 43.3. The van der Waals surface area contributed by atoms with Gasteiger partial charge in [-0.1, -0.05) is 30.3 Å². The van der Waals surface area contributed by atoms with Crippen molar-refractivity contribution in [1.29, 1.82) is 0 Å². The number of amides is 2. The molecule has 0 radical (unpaired) electrons. The summed E-state index contributed by atoms with van der Waals surface area (Å²) in [6, 6.07) is 18.5. The molecule has 36 heavy (non-hydrogen) atoms. The van der Waals surface area contributed by atoms with Crippen molar-refractivity contribution in [1.82, 2.24) is 9.88 Å². The number of aromatic carboxylic acids is 1. The Morgan fingerprint density at radius 3 is 2.58 bits per heavy atom. The molecule has 2 atom stereocenters. The Balaban J connectivity index is 1.38. The second kappa shape index (κ2) is 9.91. The molecule has 1 aliphatic heterocycles. The van der Waals surface area contributed by atoms with Crippen molar-refractivity contribution in [3.63, 3.8) is 0 Å². The monoisotopic (exact) mass is 485 g/mol. The number of hydrogen-bond donors (Lipinski definition) is 2. The van der Waals surface area contributed by atoms with Gasteiger partial charge in [-0.25, -0.2) is 9.59 Å². The molecule has 2 N–H and O–H groups in total. The fourth-order valence-corrected chi connectivity index (χ4v) is 4.53. The van der Waals surface area contributed by atoms with Crippen LogP contribution in [0.2, 0.25) is 0 Å². The Bertz CT molecular complexity index is 1400. The predicted molar refractivity (Wildman–Crippen MR) is 131 cm³/mol. The zero-order chi connectivity index (χ0) is 25.1. The molecule has 1 fully saturated rings. The van der Waals surface area contributed by atoms with Crippen molar-refractivity contribution in [3.05, 3.63) is 96.0 Å². The van der Waals surface area contributed by atoms with E-state index in [-0.39, 0.29) is 24.2 Å². The van der Waals surface area contributed by atoms with Crippen LogP contribution >= 0.6 is 0 Å². The zero-order valence-electron chi connectivity index (χ0n) is 19.2. The standard InChI is InChI=1S/C27H23N3O6/c31-25(29-20-6-7-22-19(14-20)15-23(36-22)26(32)33)24-21(18-8-11-28-12-9-18)10-13-30(24)27(34)35-16-17-4-2-1-3-5-17/h1-9,11-12,14-15,21,24H,10,13,16H2,(H,29,31)(H,32,33)/t21-,24?/m1/s1. The number of fused-ring (bicyclic) bond motifs is 1. The Labute approximate surface area is 206 Å². The van der Waals surface area contributed by atoms with Crippen LogP contribution in [0.5, 0.6) is 0 Å². The number of carbonyl (C=O) groups is 3. The van der Waals surface area contributed by atoms with Gasteiger partial charge in [-0.15, -0.1) is 0 Å². The number of aromatic nitrogens is 1. The van der Waals surface area contributed by atoms with Gasteiger partial charge in [0.2, 0.25) is 11.7 Å². The normalized spacial score (nSPS) is 17.2. The summed E-state index contributed by atoms with van der Waals surface area (Å²) in [5.41, 5.74) is 2.61. The topological polar surface area (TPSA) is 122 Å². The molecule has 2 aromatic carbocycles. The molecular weight excluding hydrogens is 462 g/mol. The molecule has 2 aromatic heterocycles. The van der Waals surface area contributed by atoms with Gasteiger partial charge in [0.25, 0.3) is 0 Å². The van der Waals surface area contributed by atoms with Gasteiger partial charge in [0.1, 0.15) is 18.2 Å². The third-order valence-corrected chi connectivity index (χ3v) is 6.24. The van der Waals surface area contributed by atoms with Crippen LogP contribution in [0.3, 0.4) is 0 Å². The van der Waals surface area contributed by atoms with Crippen molar-refractivity contribution < 1.29 is 28.6 Å². The molecular formula is C27H23N3O6. The molecule has 1 aliphatic rings. The van der Waals surface area contributed by atoms with E-state index in [0.29, 0.717) is 29.6 Å². The molecule has 0 spiro atoms. The Morgan fingerprint density at radius 2 is 1.83 bits per heavy atom. The quantitative estimate of drug-likeness (QED) is 0.407. The summed E-state index contributed by atoms with van der Waals surface area (Å²) in [6.45, 7) is 0.467. The fraction of sp³-hybridized carbons (Fsp3) is 0.185. The molecule has 0 bridgehead atoms. The van der Waals surface area contributed by atoms with Gasteiger partial charge in [-0.2, -0.15) is 0 Å². The van der Waals surface area contributed by atoms with Crippen molar-refractivity contribution in [2.75, 3.05) is 11.9 Å². The van der Waals surface area contributed by atoms with E-state index >= 15 is 0 Å². The highest BCUT2D eigenvalue weighted by Crippen LogP contribution is 2.35. The highest BCUT2D eigenvalue weighted by Gasteiger charge is 2.43. The average molecular weight is 485 g/mol. The van der Waals surface area contributed by atoms with Crippen molar-refractivity contribution in [2.24, 2.45) is 0 Å². The maximum absolute atomic E-state index is 13.5. The van der Waals surface area contributed by atoms with Crippen LogP contribution < -0.4 is 5.32 Å². The molecule has 2 amide bonds. The number of benzene rings is 2. The van der Waals surface area contributed by atoms with E-state index in [0.717, 1.165) is 11.1 Å². The van der Waals surface area contributed by atoms with E-state index < -0.39 is 18.1 Å². The number of rotatable bonds is 6. The Kier molecular flexibility index (Phi) is 6.36. The van der Waals surface area contributed by atoms with Crippen molar-refractivity contribution >= 4 is 34.6 Å². The minimum absolute atomic E-state index is 0.105. The molecule has 5 rings (SSSR count). The molecule has 4 aromatic rings. The van der Waals surface area contributed by atoms with E-state index in [9.17, 15) is 14.4 Å². The second-order valence-corrected chi connectivity index (χ2v) is 8.51. The number of ether oxygens (including phenoxy) is 1. The van der Waals surface area contributed by atoms with E-state index in [4.69, 9.17) is 14.3 Å². The van der Waals surface area contributed by atoms with E-state index in [1.54, 1.807) is 30.6 Å². The van der Waals surface area contributed by atoms with Crippen LogP contribution in [0, 0.1) is 0 Å².